The van der Waals surface area contributed by atoms with Gasteiger partial charge in [-0.05, 0) is 43.4 Å². The van der Waals surface area contributed by atoms with E-state index in [-0.39, 0.29) is 12.5 Å². The molecule has 2 heterocycles. The second-order valence-corrected chi connectivity index (χ2v) is 9.44. The highest BCUT2D eigenvalue weighted by Gasteiger charge is 2.24. The summed E-state index contributed by atoms with van der Waals surface area (Å²) < 4.78 is 13.7. The lowest BCUT2D eigenvalue weighted by atomic mass is 9.95. The number of aliphatic imine (C=N–C) groups is 2. The molecule has 36 heavy (non-hydrogen) atoms. The number of carboxylic acid groups (broad SMARTS) is 1. The number of aliphatic carboxylic acids is 1. The molecule has 1 aliphatic carbocycles. The summed E-state index contributed by atoms with van der Waals surface area (Å²) in [4.78, 5) is 25.1. The summed E-state index contributed by atoms with van der Waals surface area (Å²) in [5.41, 5.74) is 3.17. The molecule has 3 unspecified atom stereocenters. The molecule has 0 amide bonds. The molecule has 3 aliphatic rings. The first-order valence-electron chi connectivity index (χ1n) is 12.9. The smallest absolute Gasteiger partial charge is 0.303 e. The SMILES string of the molecule is C=CCN1CCN(C(O)C2=CCN=C(CCCCC(=O)O)C(C3=CCC(F)C=C3)=NC(C)C=C2)CC1. The van der Waals surface area contributed by atoms with Crippen LogP contribution in [0.1, 0.15) is 39.0 Å². The number of hydrogen-bond acceptors (Lipinski definition) is 6. The molecule has 0 saturated carbocycles. The van der Waals surface area contributed by atoms with E-state index >= 15 is 0 Å². The lowest BCUT2D eigenvalue weighted by molar-refractivity contribution is -0.137. The Bertz CT molecular complexity index is 958. The maximum Gasteiger partial charge on any atom is 0.303 e. The monoisotopic (exact) mass is 498 g/mol. The van der Waals surface area contributed by atoms with Crippen LogP contribution >= 0.6 is 0 Å². The average molecular weight is 499 g/mol. The number of rotatable bonds is 10. The van der Waals surface area contributed by atoms with Gasteiger partial charge in [0.2, 0.25) is 0 Å². The lowest BCUT2D eigenvalue weighted by Crippen LogP contribution is -2.50. The number of aliphatic hydroxyl groups excluding tert-OH is 1. The number of piperazine rings is 1. The van der Waals surface area contributed by atoms with Gasteiger partial charge in [-0.3, -0.25) is 24.6 Å². The summed E-state index contributed by atoms with van der Waals surface area (Å²) >= 11 is 0. The van der Waals surface area contributed by atoms with E-state index in [1.165, 1.54) is 0 Å². The maximum absolute atomic E-state index is 13.7. The van der Waals surface area contributed by atoms with Gasteiger partial charge in [-0.25, -0.2) is 4.39 Å². The maximum atomic E-state index is 13.7. The molecule has 0 bridgehead atoms. The Labute approximate surface area is 213 Å². The van der Waals surface area contributed by atoms with Crippen LogP contribution in [0.3, 0.4) is 0 Å². The number of halogens is 1. The van der Waals surface area contributed by atoms with Crippen molar-refractivity contribution in [2.45, 2.75) is 57.5 Å². The van der Waals surface area contributed by atoms with E-state index in [1.54, 1.807) is 12.2 Å². The largest absolute Gasteiger partial charge is 0.481 e. The van der Waals surface area contributed by atoms with Gasteiger partial charge in [0.1, 0.15) is 12.4 Å². The van der Waals surface area contributed by atoms with Gasteiger partial charge < -0.3 is 10.2 Å². The van der Waals surface area contributed by atoms with Crippen LogP contribution in [0.5, 0.6) is 0 Å². The number of carbonyl (C=O) groups is 1. The van der Waals surface area contributed by atoms with Crippen LogP contribution in [0.15, 0.2) is 70.2 Å². The zero-order valence-electron chi connectivity index (χ0n) is 21.2. The summed E-state index contributed by atoms with van der Waals surface area (Å²) in [6.45, 7) is 10.3. The van der Waals surface area contributed by atoms with Crippen LogP contribution in [-0.4, -0.2) is 95.1 Å². The minimum Gasteiger partial charge on any atom is -0.481 e. The van der Waals surface area contributed by atoms with Crippen molar-refractivity contribution < 1.29 is 19.4 Å². The number of hydrogen-bond donors (Lipinski definition) is 2. The first-order chi connectivity index (χ1) is 17.4. The number of allylic oxidation sites excluding steroid dienone is 4. The summed E-state index contributed by atoms with van der Waals surface area (Å²) in [5.74, 6) is -0.811. The van der Waals surface area contributed by atoms with Gasteiger partial charge >= 0.3 is 5.97 Å². The Morgan fingerprint density at radius 2 is 2.00 bits per heavy atom. The molecular formula is C28H39FN4O3. The van der Waals surface area contributed by atoms with E-state index in [4.69, 9.17) is 15.1 Å². The van der Waals surface area contributed by atoms with Gasteiger partial charge in [-0.1, -0.05) is 36.5 Å². The summed E-state index contributed by atoms with van der Waals surface area (Å²) in [6, 6.07) is -0.181. The Hall–Kier alpha value is -2.68. The normalized spacial score (nSPS) is 24.9. The molecular weight excluding hydrogens is 459 g/mol. The fourth-order valence-electron chi connectivity index (χ4n) is 4.53. The topological polar surface area (TPSA) is 88.7 Å². The Morgan fingerprint density at radius 1 is 1.22 bits per heavy atom. The molecule has 3 rings (SSSR count). The van der Waals surface area contributed by atoms with E-state index in [1.807, 2.05) is 37.3 Å². The molecule has 8 heteroatoms. The van der Waals surface area contributed by atoms with Gasteiger partial charge in [-0.2, -0.15) is 0 Å². The first kappa shape index (κ1) is 27.9. The first-order valence-corrected chi connectivity index (χ1v) is 12.9. The van der Waals surface area contributed by atoms with Crippen molar-refractivity contribution in [3.63, 3.8) is 0 Å². The number of unbranched alkanes of at least 4 members (excludes halogenated alkanes) is 1. The van der Waals surface area contributed by atoms with Crippen LogP contribution in [-0.2, 0) is 4.79 Å². The van der Waals surface area contributed by atoms with Crippen molar-refractivity contribution >= 4 is 17.4 Å². The predicted molar refractivity (Wildman–Crippen MR) is 143 cm³/mol. The van der Waals surface area contributed by atoms with Gasteiger partial charge in [0, 0.05) is 45.6 Å². The zero-order chi connectivity index (χ0) is 25.9. The number of carboxylic acids is 1. The van der Waals surface area contributed by atoms with Gasteiger partial charge in [-0.15, -0.1) is 6.58 Å². The fraction of sp³-hybridized carbons (Fsp3) is 0.536. The van der Waals surface area contributed by atoms with E-state index in [9.17, 15) is 14.3 Å². The molecule has 0 aromatic carbocycles. The summed E-state index contributed by atoms with van der Waals surface area (Å²) in [7, 11) is 0. The molecule has 3 atom stereocenters. The zero-order valence-corrected chi connectivity index (χ0v) is 21.2. The Kier molecular flexibility index (Phi) is 11.0. The molecule has 196 valence electrons. The molecule has 7 nitrogen and oxygen atoms in total. The second kappa shape index (κ2) is 14.2. The molecule has 1 fully saturated rings. The molecule has 0 radical (unpaired) electrons. The molecule has 1 saturated heterocycles. The average Bonchev–Trinajstić information content (AvgIpc) is 2.86. The van der Waals surface area contributed by atoms with Crippen LogP contribution in [0, 0.1) is 0 Å². The van der Waals surface area contributed by atoms with Gasteiger partial charge in [0.15, 0.2) is 0 Å². The van der Waals surface area contributed by atoms with Crippen LogP contribution in [0.25, 0.3) is 0 Å². The van der Waals surface area contributed by atoms with Crippen molar-refractivity contribution in [2.24, 2.45) is 9.98 Å². The van der Waals surface area contributed by atoms with E-state index in [0.29, 0.717) is 32.2 Å². The Balaban J connectivity index is 1.79. The number of nitrogens with zero attached hydrogens (tertiary/aromatic N) is 4. The van der Waals surface area contributed by atoms with Crippen LogP contribution in [0.2, 0.25) is 0 Å². The molecule has 2 aliphatic heterocycles. The van der Waals surface area contributed by atoms with E-state index < -0.39 is 18.4 Å². The van der Waals surface area contributed by atoms with Crippen molar-refractivity contribution in [2.75, 3.05) is 39.3 Å². The lowest BCUT2D eigenvalue weighted by Gasteiger charge is -2.37. The summed E-state index contributed by atoms with van der Waals surface area (Å²) in [5, 5.41) is 20.1. The van der Waals surface area contributed by atoms with Crippen LogP contribution < -0.4 is 0 Å². The van der Waals surface area contributed by atoms with Crippen LogP contribution in [0.4, 0.5) is 4.39 Å². The third-order valence-corrected chi connectivity index (χ3v) is 6.60. The fourth-order valence-corrected chi connectivity index (χ4v) is 4.53. The number of alkyl halides is 1. The van der Waals surface area contributed by atoms with Crippen molar-refractivity contribution in [1.82, 2.24) is 9.80 Å². The molecule has 2 N–H and O–H groups in total. The summed E-state index contributed by atoms with van der Waals surface area (Å²) in [6.07, 6.45) is 13.4. The van der Waals surface area contributed by atoms with E-state index in [2.05, 4.69) is 16.4 Å². The Morgan fingerprint density at radius 3 is 2.67 bits per heavy atom. The van der Waals surface area contributed by atoms with E-state index in [0.717, 1.165) is 55.3 Å². The van der Waals surface area contributed by atoms with Gasteiger partial charge in [0.05, 0.1) is 24.0 Å². The van der Waals surface area contributed by atoms with Crippen molar-refractivity contribution in [3.05, 3.63) is 60.3 Å². The highest BCUT2D eigenvalue weighted by atomic mass is 19.1. The standard InChI is InChI=1S/C28H39FN4O3/c1-3-16-32-17-19-33(20-18-32)28(36)23-9-8-21(2)31-27(22-10-12-24(29)13-11-22)25(30-15-14-23)6-4-5-7-26(34)35/h3,8-12,14,21,24,28,36H,1,4-7,13,15-20H2,2H3,(H,34,35). The van der Waals surface area contributed by atoms with Crippen molar-refractivity contribution in [1.29, 1.82) is 0 Å². The third kappa shape index (κ3) is 8.47. The molecule has 0 aromatic rings. The minimum absolute atomic E-state index is 0.112. The number of aliphatic hydroxyl groups is 1. The molecule has 0 spiro atoms. The minimum atomic E-state index is -0.993. The van der Waals surface area contributed by atoms with Gasteiger partial charge in [0.25, 0.3) is 0 Å². The predicted octanol–water partition coefficient (Wildman–Crippen LogP) is 3.74. The highest BCUT2D eigenvalue weighted by molar-refractivity contribution is 6.49. The third-order valence-electron chi connectivity index (χ3n) is 6.60. The quantitative estimate of drug-likeness (QED) is 0.354. The highest BCUT2D eigenvalue weighted by Crippen LogP contribution is 2.20. The van der Waals surface area contributed by atoms with Crippen molar-refractivity contribution in [3.8, 4) is 0 Å². The molecule has 0 aromatic heterocycles. The second-order valence-electron chi connectivity index (χ2n) is 9.44.